The van der Waals surface area contributed by atoms with E-state index in [-0.39, 0.29) is 5.91 Å². The number of thioether (sulfide) groups is 1. The summed E-state index contributed by atoms with van der Waals surface area (Å²) in [5.41, 5.74) is 7.72. The van der Waals surface area contributed by atoms with Crippen LogP contribution in [0.2, 0.25) is 0 Å². The van der Waals surface area contributed by atoms with Crippen LogP contribution in [0.3, 0.4) is 0 Å². The second kappa shape index (κ2) is 6.86. The van der Waals surface area contributed by atoms with E-state index in [2.05, 4.69) is 15.7 Å². The van der Waals surface area contributed by atoms with Gasteiger partial charge in [-0.05, 0) is 13.2 Å². The number of nitrogens with zero attached hydrogens (tertiary/aromatic N) is 2. The van der Waals surface area contributed by atoms with E-state index in [4.69, 9.17) is 5.73 Å². The summed E-state index contributed by atoms with van der Waals surface area (Å²) in [5.74, 6) is -0.121. The van der Waals surface area contributed by atoms with Gasteiger partial charge in [0.2, 0.25) is 0 Å². The number of carbonyl (C=O) groups is 1. The fourth-order valence-corrected chi connectivity index (χ4v) is 3.85. The number of aryl methyl sites for hydroxylation is 1. The maximum atomic E-state index is 12.0. The van der Waals surface area contributed by atoms with Gasteiger partial charge in [0, 0.05) is 31.9 Å². The second-order valence-electron chi connectivity index (χ2n) is 4.44. The van der Waals surface area contributed by atoms with Gasteiger partial charge in [-0.1, -0.05) is 0 Å². The van der Waals surface area contributed by atoms with Crippen molar-refractivity contribution in [2.45, 2.75) is 18.4 Å². The van der Waals surface area contributed by atoms with E-state index in [1.54, 1.807) is 16.4 Å². The van der Waals surface area contributed by atoms with Crippen molar-refractivity contribution in [2.24, 2.45) is 7.05 Å². The lowest BCUT2D eigenvalue weighted by atomic mass is 10.3. The monoisotopic (exact) mass is 325 g/mol. The molecule has 114 valence electrons. The summed E-state index contributed by atoms with van der Waals surface area (Å²) < 4.78 is 1.76. The molecule has 0 saturated carbocycles. The molecular formula is C13H19N5OS2. The van der Waals surface area contributed by atoms with E-state index < -0.39 is 0 Å². The number of aromatic nitrogens is 2. The summed E-state index contributed by atoms with van der Waals surface area (Å²) in [6.45, 7) is 3.12. The number of amides is 1. The Morgan fingerprint density at radius 2 is 2.33 bits per heavy atom. The first kappa shape index (κ1) is 15.7. The highest BCUT2D eigenvalue weighted by Crippen LogP contribution is 2.41. The van der Waals surface area contributed by atoms with Crippen molar-refractivity contribution in [3.63, 3.8) is 0 Å². The summed E-state index contributed by atoms with van der Waals surface area (Å²) in [7, 11) is 1.88. The van der Waals surface area contributed by atoms with Crippen molar-refractivity contribution < 1.29 is 4.79 Å². The zero-order chi connectivity index (χ0) is 15.4. The number of hydrogen-bond acceptors (Lipinski definition) is 6. The lowest BCUT2D eigenvalue weighted by Gasteiger charge is -2.04. The van der Waals surface area contributed by atoms with E-state index in [0.29, 0.717) is 23.7 Å². The summed E-state index contributed by atoms with van der Waals surface area (Å²) in [6, 6.07) is 0. The Morgan fingerprint density at radius 3 is 2.90 bits per heavy atom. The van der Waals surface area contributed by atoms with E-state index in [0.717, 1.165) is 15.5 Å². The highest BCUT2D eigenvalue weighted by Gasteiger charge is 2.20. The van der Waals surface area contributed by atoms with Crippen molar-refractivity contribution in [1.29, 1.82) is 0 Å². The third-order valence-electron chi connectivity index (χ3n) is 2.86. The molecule has 0 aliphatic carbocycles. The van der Waals surface area contributed by atoms with Gasteiger partial charge in [-0.25, -0.2) is 0 Å². The average Bonchev–Trinajstić information content (AvgIpc) is 3.00. The Balaban J connectivity index is 2.18. The lowest BCUT2D eigenvalue weighted by molar-refractivity contribution is 0.0960. The van der Waals surface area contributed by atoms with Crippen LogP contribution in [-0.4, -0.2) is 28.5 Å². The fraction of sp³-hybridized carbons (Fsp3) is 0.385. The molecule has 0 fully saturated rings. The molecule has 0 radical (unpaired) electrons. The summed E-state index contributed by atoms with van der Waals surface area (Å²) >= 11 is 2.93. The Hall–Kier alpha value is -1.67. The van der Waals surface area contributed by atoms with Gasteiger partial charge in [-0.3, -0.25) is 9.48 Å². The van der Waals surface area contributed by atoms with Gasteiger partial charge in [0.15, 0.2) is 0 Å². The summed E-state index contributed by atoms with van der Waals surface area (Å²) in [4.78, 5) is 13.5. The predicted octanol–water partition coefficient (Wildman–Crippen LogP) is 2.15. The number of rotatable bonds is 6. The first-order chi connectivity index (χ1) is 10.1. The number of nitrogens with one attached hydrogen (secondary N) is 2. The largest absolute Gasteiger partial charge is 0.396 e. The van der Waals surface area contributed by atoms with Crippen LogP contribution in [0.25, 0.3) is 0 Å². The Morgan fingerprint density at radius 1 is 1.57 bits per heavy atom. The molecule has 0 atom stereocenters. The normalized spacial score (nSPS) is 10.6. The molecule has 0 bridgehead atoms. The molecule has 0 saturated heterocycles. The third kappa shape index (κ3) is 3.51. The van der Waals surface area contributed by atoms with E-state index in [1.165, 1.54) is 11.3 Å². The van der Waals surface area contributed by atoms with Crippen molar-refractivity contribution >= 4 is 39.7 Å². The van der Waals surface area contributed by atoms with Crippen LogP contribution in [-0.2, 0) is 13.6 Å². The third-order valence-corrected chi connectivity index (χ3v) is 4.98. The molecule has 0 unspecified atom stereocenters. The molecule has 2 rings (SSSR count). The maximum absolute atomic E-state index is 12.0. The summed E-state index contributed by atoms with van der Waals surface area (Å²) in [6.07, 6.45) is 5.72. The molecule has 0 aliphatic heterocycles. The second-order valence-corrected chi connectivity index (χ2v) is 6.28. The van der Waals surface area contributed by atoms with Gasteiger partial charge in [-0.15, -0.1) is 23.1 Å². The minimum Gasteiger partial charge on any atom is -0.396 e. The van der Waals surface area contributed by atoms with Gasteiger partial charge < -0.3 is 16.4 Å². The van der Waals surface area contributed by atoms with Gasteiger partial charge in [0.1, 0.15) is 9.88 Å². The Labute approximate surface area is 132 Å². The van der Waals surface area contributed by atoms with E-state index >= 15 is 0 Å². The van der Waals surface area contributed by atoms with Gasteiger partial charge in [0.25, 0.3) is 5.91 Å². The lowest BCUT2D eigenvalue weighted by Crippen LogP contribution is -2.22. The number of anilines is 2. The van der Waals surface area contributed by atoms with Crippen molar-refractivity contribution in [3.8, 4) is 0 Å². The quantitative estimate of drug-likeness (QED) is 0.709. The van der Waals surface area contributed by atoms with Gasteiger partial charge >= 0.3 is 0 Å². The van der Waals surface area contributed by atoms with Gasteiger partial charge in [0.05, 0.1) is 16.8 Å². The Kier molecular flexibility index (Phi) is 5.13. The standard InChI is InChI=1S/C13H19N5OS2/c1-4-15-12(19)10-9(14)11(20-3)13(21-10)16-5-8-6-17-18(2)7-8/h6-7,16H,4-5,14H2,1-3H3,(H,15,19). The zero-order valence-electron chi connectivity index (χ0n) is 12.3. The molecule has 2 aromatic heterocycles. The van der Waals surface area contributed by atoms with Crippen LogP contribution in [0.1, 0.15) is 22.2 Å². The number of thiophene rings is 1. The number of nitrogens with two attached hydrogens (primary N) is 1. The molecule has 1 amide bonds. The SMILES string of the molecule is CCNC(=O)c1sc(NCc2cnn(C)c2)c(SC)c1N. The topological polar surface area (TPSA) is 85.0 Å². The Bertz CT molecular complexity index is 635. The molecule has 0 aromatic carbocycles. The molecular weight excluding hydrogens is 306 g/mol. The van der Waals surface area contributed by atoms with Crippen LogP contribution >= 0.6 is 23.1 Å². The molecule has 0 spiro atoms. The molecule has 8 heteroatoms. The molecule has 2 heterocycles. The number of hydrogen-bond donors (Lipinski definition) is 3. The zero-order valence-corrected chi connectivity index (χ0v) is 13.9. The number of nitrogen functional groups attached to an aromatic ring is 1. The molecule has 6 nitrogen and oxygen atoms in total. The van der Waals surface area contributed by atoms with Crippen LogP contribution < -0.4 is 16.4 Å². The van der Waals surface area contributed by atoms with E-state index in [9.17, 15) is 4.79 Å². The van der Waals surface area contributed by atoms with Crippen molar-refractivity contribution in [1.82, 2.24) is 15.1 Å². The molecule has 2 aromatic rings. The van der Waals surface area contributed by atoms with E-state index in [1.807, 2.05) is 32.6 Å². The highest BCUT2D eigenvalue weighted by atomic mass is 32.2. The minimum absolute atomic E-state index is 0.121. The molecule has 4 N–H and O–H groups in total. The van der Waals surface area contributed by atoms with Crippen LogP contribution in [0.5, 0.6) is 0 Å². The van der Waals surface area contributed by atoms with Crippen LogP contribution in [0.15, 0.2) is 17.3 Å². The smallest absolute Gasteiger partial charge is 0.263 e. The molecule has 0 aliphatic rings. The maximum Gasteiger partial charge on any atom is 0.263 e. The van der Waals surface area contributed by atoms with Gasteiger partial charge in [-0.2, -0.15) is 5.10 Å². The first-order valence-corrected chi connectivity index (χ1v) is 8.56. The average molecular weight is 325 g/mol. The van der Waals surface area contributed by atoms with Crippen LogP contribution in [0.4, 0.5) is 10.7 Å². The number of carbonyl (C=O) groups excluding carboxylic acids is 1. The highest BCUT2D eigenvalue weighted by molar-refractivity contribution is 7.99. The molecule has 21 heavy (non-hydrogen) atoms. The van der Waals surface area contributed by atoms with Crippen molar-refractivity contribution in [2.75, 3.05) is 23.9 Å². The van der Waals surface area contributed by atoms with Crippen LogP contribution in [0, 0.1) is 0 Å². The minimum atomic E-state index is -0.121. The summed E-state index contributed by atoms with van der Waals surface area (Å²) in [5, 5.41) is 11.2. The predicted molar refractivity (Wildman–Crippen MR) is 89.1 cm³/mol. The first-order valence-electron chi connectivity index (χ1n) is 6.52. The van der Waals surface area contributed by atoms with Crippen molar-refractivity contribution in [3.05, 3.63) is 22.8 Å². The fourth-order valence-electron chi connectivity index (χ4n) is 1.90.